The minimum Gasteiger partial charge on any atom is -0.482 e. The summed E-state index contributed by atoms with van der Waals surface area (Å²) in [7, 11) is 4.87. The molecule has 3 aromatic heterocycles. The van der Waals surface area contributed by atoms with Crippen molar-refractivity contribution in [1.82, 2.24) is 30.2 Å². The molecule has 0 saturated carbocycles. The van der Waals surface area contributed by atoms with Crippen molar-refractivity contribution in [3.05, 3.63) is 78.7 Å². The zero-order valence-electron chi connectivity index (χ0n) is 26.0. The quantitative estimate of drug-likeness (QED) is 0.218. The fourth-order valence-corrected chi connectivity index (χ4v) is 5.94. The summed E-state index contributed by atoms with van der Waals surface area (Å²) in [6.07, 6.45) is 9.20. The number of nitrogens with one attached hydrogen (secondary N) is 2. The number of thioether (sulfide) groups is 1. The number of ether oxygens (including phenoxy) is 1. The van der Waals surface area contributed by atoms with Crippen molar-refractivity contribution < 1.29 is 22.7 Å². The molecule has 0 aliphatic carbocycles. The molecule has 1 aliphatic heterocycles. The molecular formula is C31H36F2N8O3S. The molecule has 0 bridgehead atoms. The number of aromatic nitrogens is 4. The lowest BCUT2D eigenvalue weighted by Crippen LogP contribution is -2.55. The summed E-state index contributed by atoms with van der Waals surface area (Å²) < 4.78 is 40.7. The number of nitrogens with zero attached hydrogens (tertiary/aromatic N) is 6. The molecule has 0 spiro atoms. The summed E-state index contributed by atoms with van der Waals surface area (Å²) in [5.74, 6) is 0.451. The normalized spacial score (nSPS) is 20.4. The van der Waals surface area contributed by atoms with Gasteiger partial charge in [-0.3, -0.25) is 9.79 Å². The summed E-state index contributed by atoms with van der Waals surface area (Å²) in [5, 5.41) is 6.72. The molecule has 1 aliphatic rings. The number of benzene rings is 1. The standard InChI is InChI=1S/C29H30F2N8O3S.C2H6/c1-28(8-7-24(40)39(3)4)15-29(16-30,38-27(32-2)43-28)20-11-18(5-6-21(20)31)37-26-25-22(35-17-36-26)12-19(13-34-25)42-14-23-33-9-10-41-23;1-2/h5-13,17H,14-16H2,1-4H3,(H,32,38)(H,35,36,37);1-2H3/b8-7+;/t28-,29+;/m0./s1. The Morgan fingerprint density at radius 2 is 2.04 bits per heavy atom. The predicted molar refractivity (Wildman–Crippen MR) is 172 cm³/mol. The Bertz CT molecular complexity index is 1680. The number of halogens is 2. The van der Waals surface area contributed by atoms with E-state index in [-0.39, 0.29) is 24.5 Å². The van der Waals surface area contributed by atoms with E-state index in [1.165, 1.54) is 59.9 Å². The van der Waals surface area contributed by atoms with Crippen LogP contribution in [0.1, 0.15) is 38.6 Å². The lowest BCUT2D eigenvalue weighted by molar-refractivity contribution is -0.123. The maximum Gasteiger partial charge on any atom is 0.245 e. The summed E-state index contributed by atoms with van der Waals surface area (Å²) in [6.45, 7) is 5.07. The van der Waals surface area contributed by atoms with Gasteiger partial charge in [-0.15, -0.1) is 0 Å². The maximum atomic E-state index is 15.5. The fourth-order valence-electron chi connectivity index (χ4n) is 4.71. The number of oxazole rings is 1. The molecule has 5 rings (SSSR count). The van der Waals surface area contributed by atoms with Crippen LogP contribution < -0.4 is 15.4 Å². The highest BCUT2D eigenvalue weighted by molar-refractivity contribution is 8.15. The van der Waals surface area contributed by atoms with E-state index in [1.807, 2.05) is 20.8 Å². The maximum absolute atomic E-state index is 15.5. The molecule has 2 atom stereocenters. The third-order valence-electron chi connectivity index (χ3n) is 6.82. The number of aliphatic imine (C=N–C) groups is 1. The van der Waals surface area contributed by atoms with Crippen molar-refractivity contribution in [2.45, 2.75) is 44.1 Å². The van der Waals surface area contributed by atoms with E-state index in [1.54, 1.807) is 39.4 Å². The number of hydrogen-bond donors (Lipinski definition) is 2. The van der Waals surface area contributed by atoms with Crippen LogP contribution in [0, 0.1) is 5.82 Å². The van der Waals surface area contributed by atoms with Crippen molar-refractivity contribution in [1.29, 1.82) is 0 Å². The van der Waals surface area contributed by atoms with Gasteiger partial charge in [-0.25, -0.2) is 28.7 Å². The van der Waals surface area contributed by atoms with Crippen LogP contribution in [0.5, 0.6) is 5.75 Å². The monoisotopic (exact) mass is 638 g/mol. The number of rotatable bonds is 9. The molecule has 238 valence electrons. The van der Waals surface area contributed by atoms with Gasteiger partial charge in [0, 0.05) is 49.3 Å². The summed E-state index contributed by atoms with van der Waals surface area (Å²) >= 11 is 1.35. The van der Waals surface area contributed by atoms with Crippen LogP contribution in [-0.4, -0.2) is 68.5 Å². The van der Waals surface area contributed by atoms with Crippen molar-refractivity contribution in [2.75, 3.05) is 33.1 Å². The minimum absolute atomic E-state index is 0.105. The Labute approximate surface area is 264 Å². The van der Waals surface area contributed by atoms with Gasteiger partial charge in [0.1, 0.15) is 36.3 Å². The lowest BCUT2D eigenvalue weighted by atomic mass is 9.81. The first-order chi connectivity index (χ1) is 21.6. The van der Waals surface area contributed by atoms with Gasteiger partial charge in [-0.05, 0) is 31.5 Å². The second-order valence-corrected chi connectivity index (χ2v) is 11.8. The second kappa shape index (κ2) is 14.5. The number of anilines is 2. The van der Waals surface area contributed by atoms with E-state index in [9.17, 15) is 4.79 Å². The molecular weight excluding hydrogens is 602 g/mol. The number of amides is 1. The number of pyridine rings is 1. The Kier molecular flexibility index (Phi) is 10.7. The number of carbonyl (C=O) groups is 1. The zero-order chi connectivity index (χ0) is 32.6. The molecule has 1 saturated heterocycles. The van der Waals surface area contributed by atoms with Crippen LogP contribution in [0.15, 0.2) is 70.8 Å². The minimum atomic E-state index is -1.46. The average Bonchev–Trinajstić information content (AvgIpc) is 3.58. The van der Waals surface area contributed by atoms with Gasteiger partial charge in [-0.1, -0.05) is 31.7 Å². The number of fused-ring (bicyclic) bond motifs is 1. The summed E-state index contributed by atoms with van der Waals surface area (Å²) in [5.41, 5.74) is 0.0738. The highest BCUT2D eigenvalue weighted by Crippen LogP contribution is 2.46. The van der Waals surface area contributed by atoms with Gasteiger partial charge >= 0.3 is 0 Å². The Morgan fingerprint density at radius 3 is 2.73 bits per heavy atom. The van der Waals surface area contributed by atoms with Crippen molar-refractivity contribution >= 4 is 45.4 Å². The summed E-state index contributed by atoms with van der Waals surface area (Å²) in [6, 6.07) is 6.06. The van der Waals surface area contributed by atoms with Crippen molar-refractivity contribution in [3.63, 3.8) is 0 Å². The Morgan fingerprint density at radius 1 is 1.24 bits per heavy atom. The van der Waals surface area contributed by atoms with Gasteiger partial charge < -0.3 is 24.7 Å². The van der Waals surface area contributed by atoms with Crippen molar-refractivity contribution in [3.8, 4) is 5.75 Å². The Balaban J connectivity index is 0.00000226. The SMILES string of the molecule is CC.CN=C1N[C@](CF)(c2cc(Nc3ncnc4cc(OCc5ncco5)cnc34)ccc2F)C[C@](C)(/C=C/C(=O)N(C)C)S1. The molecule has 1 fully saturated rings. The first-order valence-electron chi connectivity index (χ1n) is 14.2. The van der Waals surface area contributed by atoms with Crippen LogP contribution in [0.4, 0.5) is 20.3 Å². The first kappa shape index (κ1) is 33.3. The van der Waals surface area contributed by atoms with Gasteiger partial charge in [0.25, 0.3) is 0 Å². The van der Waals surface area contributed by atoms with E-state index >= 15 is 8.78 Å². The van der Waals surface area contributed by atoms with E-state index in [0.29, 0.717) is 39.3 Å². The molecule has 11 nitrogen and oxygen atoms in total. The smallest absolute Gasteiger partial charge is 0.245 e. The molecule has 14 heteroatoms. The number of alkyl halides is 1. The predicted octanol–water partition coefficient (Wildman–Crippen LogP) is 5.78. The van der Waals surface area contributed by atoms with Crippen LogP contribution in [0.3, 0.4) is 0 Å². The Hall–Kier alpha value is -4.59. The highest BCUT2D eigenvalue weighted by Gasteiger charge is 2.47. The number of carbonyl (C=O) groups excluding carboxylic acids is 1. The van der Waals surface area contributed by atoms with E-state index < -0.39 is 22.8 Å². The second-order valence-electron chi connectivity index (χ2n) is 10.3. The van der Waals surface area contributed by atoms with Crippen LogP contribution >= 0.6 is 11.8 Å². The van der Waals surface area contributed by atoms with E-state index in [2.05, 4.69) is 35.6 Å². The van der Waals surface area contributed by atoms with E-state index in [4.69, 9.17) is 9.15 Å². The fraction of sp³-hybridized carbons (Fsp3) is 0.355. The molecule has 2 N–H and O–H groups in total. The molecule has 4 aromatic rings. The molecule has 0 radical (unpaired) electrons. The third-order valence-corrected chi connectivity index (χ3v) is 8.04. The zero-order valence-corrected chi connectivity index (χ0v) is 26.8. The molecule has 45 heavy (non-hydrogen) atoms. The number of likely N-dealkylation sites (N-methyl/N-ethyl adjacent to an activating group) is 1. The van der Waals surface area contributed by atoms with Gasteiger partial charge in [0.2, 0.25) is 11.8 Å². The van der Waals surface area contributed by atoms with Gasteiger partial charge in [0.05, 0.1) is 23.4 Å². The third kappa shape index (κ3) is 7.74. The van der Waals surface area contributed by atoms with Crippen LogP contribution in [0.25, 0.3) is 11.0 Å². The van der Waals surface area contributed by atoms with Crippen LogP contribution in [-0.2, 0) is 16.9 Å². The number of hydrogen-bond acceptors (Lipinski definition) is 10. The van der Waals surface area contributed by atoms with Gasteiger partial charge in [0.15, 0.2) is 17.6 Å². The first-order valence-corrected chi connectivity index (χ1v) is 15.0. The molecule has 1 amide bonds. The average molecular weight is 639 g/mol. The molecule has 4 heterocycles. The molecule has 1 aromatic carbocycles. The largest absolute Gasteiger partial charge is 0.482 e. The van der Waals surface area contributed by atoms with Crippen LogP contribution in [0.2, 0.25) is 0 Å². The highest BCUT2D eigenvalue weighted by atomic mass is 32.2. The lowest BCUT2D eigenvalue weighted by Gasteiger charge is -2.45. The van der Waals surface area contributed by atoms with E-state index in [0.717, 1.165) is 0 Å². The van der Waals surface area contributed by atoms with Gasteiger partial charge in [-0.2, -0.15) is 0 Å². The van der Waals surface area contributed by atoms with Crippen molar-refractivity contribution in [2.24, 2.45) is 4.99 Å². The summed E-state index contributed by atoms with van der Waals surface area (Å²) in [4.78, 5) is 35.0. The topological polar surface area (TPSA) is 131 Å². The molecule has 0 unspecified atom stereocenters. The number of amidine groups is 1.